The molecule has 2 aliphatic carbocycles. The summed E-state index contributed by atoms with van der Waals surface area (Å²) in [5, 5.41) is 3.09. The maximum Gasteiger partial charge on any atom is 0.234 e. The van der Waals surface area contributed by atoms with Gasteiger partial charge in [0.2, 0.25) is 11.8 Å². The van der Waals surface area contributed by atoms with Crippen LogP contribution in [-0.2, 0) is 16.0 Å². The topological polar surface area (TPSA) is 52.7 Å². The van der Waals surface area contributed by atoms with E-state index in [4.69, 9.17) is 0 Å². The van der Waals surface area contributed by atoms with Gasteiger partial charge in [0.25, 0.3) is 0 Å². The van der Waals surface area contributed by atoms with Gasteiger partial charge < -0.3 is 10.2 Å². The number of hydrogen-bond donors (Lipinski definition) is 1. The van der Waals surface area contributed by atoms with Gasteiger partial charge in [-0.1, -0.05) is 30.7 Å². The Bertz CT molecular complexity index is 701. The van der Waals surface area contributed by atoms with Gasteiger partial charge in [0.05, 0.1) is 6.54 Å². The molecular weight excluding hydrogens is 350 g/mol. The minimum absolute atomic E-state index is 0.124. The summed E-state index contributed by atoms with van der Waals surface area (Å²) in [6, 6.07) is 9.65. The number of amides is 2. The smallest absolute Gasteiger partial charge is 0.234 e. The maximum atomic E-state index is 12.6. The van der Waals surface area contributed by atoms with Crippen molar-refractivity contribution < 1.29 is 9.59 Å². The highest BCUT2D eigenvalue weighted by Crippen LogP contribution is 2.41. The average Bonchev–Trinajstić information content (AvgIpc) is 3.49. The first-order valence-corrected chi connectivity index (χ1v) is 11.1. The zero-order chi connectivity index (χ0) is 19.3. The minimum Gasteiger partial charge on any atom is -0.355 e. The first-order chi connectivity index (χ1) is 13.7. The van der Waals surface area contributed by atoms with Gasteiger partial charge in [0, 0.05) is 38.1 Å². The van der Waals surface area contributed by atoms with Gasteiger partial charge in [0.15, 0.2) is 0 Å². The Hall–Kier alpha value is -1.88. The highest BCUT2D eigenvalue weighted by molar-refractivity contribution is 5.78. The van der Waals surface area contributed by atoms with Crippen LogP contribution in [0.4, 0.5) is 0 Å². The van der Waals surface area contributed by atoms with Crippen LogP contribution in [-0.4, -0.2) is 53.8 Å². The van der Waals surface area contributed by atoms with Gasteiger partial charge in [-0.3, -0.25) is 14.5 Å². The zero-order valence-electron chi connectivity index (χ0n) is 16.9. The van der Waals surface area contributed by atoms with E-state index in [1.54, 1.807) is 0 Å². The highest BCUT2D eigenvalue weighted by atomic mass is 16.2. The first-order valence-electron chi connectivity index (χ1n) is 11.1. The van der Waals surface area contributed by atoms with Gasteiger partial charge in [-0.15, -0.1) is 0 Å². The molecule has 152 valence electrons. The van der Waals surface area contributed by atoms with Crippen LogP contribution in [0, 0.1) is 0 Å². The Morgan fingerprint density at radius 2 is 1.96 bits per heavy atom. The molecule has 1 atom stereocenters. The Balaban J connectivity index is 1.24. The van der Waals surface area contributed by atoms with Gasteiger partial charge >= 0.3 is 0 Å². The molecule has 3 aliphatic rings. The second kappa shape index (κ2) is 9.08. The summed E-state index contributed by atoms with van der Waals surface area (Å²) in [5.41, 5.74) is 2.86. The van der Waals surface area contributed by atoms with Gasteiger partial charge in [0.1, 0.15) is 0 Å². The molecule has 0 unspecified atom stereocenters. The van der Waals surface area contributed by atoms with Crippen molar-refractivity contribution in [3.63, 3.8) is 0 Å². The van der Waals surface area contributed by atoms with Crippen LogP contribution >= 0.6 is 0 Å². The molecule has 2 amide bonds. The number of fused-ring (bicyclic) bond motifs is 1. The van der Waals surface area contributed by atoms with E-state index in [1.807, 2.05) is 4.90 Å². The van der Waals surface area contributed by atoms with Crippen molar-refractivity contribution in [2.45, 2.75) is 69.9 Å². The lowest BCUT2D eigenvalue weighted by atomic mass is 10.1. The summed E-state index contributed by atoms with van der Waals surface area (Å²) in [4.78, 5) is 29.0. The lowest BCUT2D eigenvalue weighted by Gasteiger charge is -2.29. The third kappa shape index (κ3) is 4.75. The van der Waals surface area contributed by atoms with Crippen molar-refractivity contribution in [1.82, 2.24) is 15.1 Å². The number of aryl methyl sites for hydroxylation is 1. The molecule has 0 bridgehead atoms. The molecule has 1 heterocycles. The predicted octanol–water partition coefficient (Wildman–Crippen LogP) is 3.05. The number of hydrogen-bond acceptors (Lipinski definition) is 3. The number of nitrogens with one attached hydrogen (secondary N) is 1. The van der Waals surface area contributed by atoms with E-state index in [1.165, 1.54) is 24.0 Å². The summed E-state index contributed by atoms with van der Waals surface area (Å²) < 4.78 is 0. The molecule has 5 heteroatoms. The van der Waals surface area contributed by atoms with Crippen LogP contribution < -0.4 is 5.32 Å². The zero-order valence-corrected chi connectivity index (χ0v) is 16.9. The standard InChI is InChI=1S/C23H33N3O2/c27-22(24-14-6-16-25-15-5-1-2-9-23(25)28)17-26(19-11-12-19)21-13-10-18-7-3-4-8-20(18)21/h3-4,7-8,19,21H,1-2,5-6,9-17H2,(H,24,27)/t21-/m1/s1. The maximum absolute atomic E-state index is 12.6. The molecule has 28 heavy (non-hydrogen) atoms. The second-order valence-electron chi connectivity index (χ2n) is 8.55. The average molecular weight is 384 g/mol. The lowest BCUT2D eigenvalue weighted by Crippen LogP contribution is -2.41. The molecule has 0 aromatic heterocycles. The minimum atomic E-state index is 0.124. The Morgan fingerprint density at radius 1 is 1.11 bits per heavy atom. The number of nitrogens with zero attached hydrogens (tertiary/aromatic N) is 2. The molecule has 4 rings (SSSR count). The summed E-state index contributed by atoms with van der Waals surface area (Å²) in [6.45, 7) is 2.79. The summed E-state index contributed by atoms with van der Waals surface area (Å²) in [5.74, 6) is 0.405. The number of carbonyl (C=O) groups is 2. The molecule has 0 spiro atoms. The van der Waals surface area contributed by atoms with E-state index in [-0.39, 0.29) is 11.8 Å². The Kier molecular flexibility index (Phi) is 6.30. The van der Waals surface area contributed by atoms with Crippen LogP contribution in [0.25, 0.3) is 0 Å². The van der Waals surface area contributed by atoms with Gasteiger partial charge in [-0.05, 0) is 56.1 Å². The molecule has 1 saturated heterocycles. The number of carbonyl (C=O) groups excluding carboxylic acids is 2. The normalized spacial score (nSPS) is 22.2. The van der Waals surface area contributed by atoms with Crippen molar-refractivity contribution in [2.75, 3.05) is 26.2 Å². The van der Waals surface area contributed by atoms with Gasteiger partial charge in [-0.25, -0.2) is 0 Å². The molecule has 1 aliphatic heterocycles. The largest absolute Gasteiger partial charge is 0.355 e. The van der Waals surface area contributed by atoms with E-state index >= 15 is 0 Å². The van der Waals surface area contributed by atoms with Crippen molar-refractivity contribution in [3.8, 4) is 0 Å². The van der Waals surface area contributed by atoms with Crippen molar-refractivity contribution in [3.05, 3.63) is 35.4 Å². The Labute approximate surface area is 168 Å². The van der Waals surface area contributed by atoms with E-state index in [2.05, 4.69) is 34.5 Å². The van der Waals surface area contributed by atoms with E-state index in [0.29, 0.717) is 31.6 Å². The van der Waals surface area contributed by atoms with E-state index in [9.17, 15) is 9.59 Å². The summed E-state index contributed by atoms with van der Waals surface area (Å²) >= 11 is 0. The van der Waals surface area contributed by atoms with Crippen molar-refractivity contribution in [1.29, 1.82) is 0 Å². The van der Waals surface area contributed by atoms with Gasteiger partial charge in [-0.2, -0.15) is 0 Å². The summed E-state index contributed by atoms with van der Waals surface area (Å²) in [6.07, 6.45) is 9.48. The van der Waals surface area contributed by atoms with Crippen molar-refractivity contribution >= 4 is 11.8 Å². The molecule has 1 aromatic rings. The fraction of sp³-hybridized carbons (Fsp3) is 0.652. The van der Waals surface area contributed by atoms with Crippen LogP contribution in [0.1, 0.15) is 68.5 Å². The van der Waals surface area contributed by atoms with Crippen LogP contribution in [0.2, 0.25) is 0 Å². The molecule has 1 saturated carbocycles. The monoisotopic (exact) mass is 383 g/mol. The third-order valence-electron chi connectivity index (χ3n) is 6.44. The quantitative estimate of drug-likeness (QED) is 0.702. The highest BCUT2D eigenvalue weighted by Gasteiger charge is 2.38. The SMILES string of the molecule is O=C(CN(C1CC1)[C@@H]1CCc2ccccc21)NCCCN1CCCCCC1=O. The molecule has 1 N–H and O–H groups in total. The predicted molar refractivity (Wildman–Crippen MR) is 110 cm³/mol. The number of likely N-dealkylation sites (tertiary alicyclic amines) is 1. The fourth-order valence-corrected chi connectivity index (χ4v) is 4.77. The van der Waals surface area contributed by atoms with E-state index < -0.39 is 0 Å². The van der Waals surface area contributed by atoms with Crippen LogP contribution in [0.3, 0.4) is 0 Å². The Morgan fingerprint density at radius 3 is 2.82 bits per heavy atom. The molecular formula is C23H33N3O2. The molecule has 5 nitrogen and oxygen atoms in total. The fourth-order valence-electron chi connectivity index (χ4n) is 4.77. The third-order valence-corrected chi connectivity index (χ3v) is 6.44. The van der Waals surface area contributed by atoms with Crippen LogP contribution in [0.5, 0.6) is 0 Å². The molecule has 1 aromatic carbocycles. The van der Waals surface area contributed by atoms with E-state index in [0.717, 1.165) is 51.6 Å². The first kappa shape index (κ1) is 19.4. The second-order valence-corrected chi connectivity index (χ2v) is 8.55. The number of rotatable bonds is 8. The number of benzene rings is 1. The van der Waals surface area contributed by atoms with Crippen LogP contribution in [0.15, 0.2) is 24.3 Å². The summed E-state index contributed by atoms with van der Waals surface area (Å²) in [7, 11) is 0. The lowest BCUT2D eigenvalue weighted by molar-refractivity contribution is -0.130. The van der Waals surface area contributed by atoms with Crippen molar-refractivity contribution in [2.24, 2.45) is 0 Å². The molecule has 2 fully saturated rings. The molecule has 0 radical (unpaired) electrons.